The highest BCUT2D eigenvalue weighted by Crippen LogP contribution is 2.40. The lowest BCUT2D eigenvalue weighted by molar-refractivity contribution is 0.0351. The second kappa shape index (κ2) is 6.75. The Kier molecular flexibility index (Phi) is 4.46. The summed E-state index contributed by atoms with van der Waals surface area (Å²) < 4.78 is 10.9. The van der Waals surface area contributed by atoms with Crippen molar-refractivity contribution in [2.75, 3.05) is 20.2 Å². The van der Waals surface area contributed by atoms with Crippen LogP contribution in [0.1, 0.15) is 66.7 Å². The lowest BCUT2D eigenvalue weighted by Gasteiger charge is -2.31. The Bertz CT molecular complexity index is 774. The minimum Gasteiger partial charge on any atom is -0.381 e. The molecule has 1 saturated carbocycles. The van der Waals surface area contributed by atoms with Gasteiger partial charge in [-0.05, 0) is 38.2 Å². The average molecular weight is 343 g/mol. The molecule has 1 amide bonds. The summed E-state index contributed by atoms with van der Waals surface area (Å²) in [5.74, 6) is 0.541. The second-order valence-corrected chi connectivity index (χ2v) is 7.16. The highest BCUT2D eigenvalue weighted by atomic mass is 16.5. The quantitative estimate of drug-likeness (QED) is 0.833. The first-order valence-corrected chi connectivity index (χ1v) is 9.32. The molecule has 2 aromatic heterocycles. The van der Waals surface area contributed by atoms with Crippen molar-refractivity contribution in [2.24, 2.45) is 0 Å². The molecule has 2 aromatic rings. The summed E-state index contributed by atoms with van der Waals surface area (Å²) in [6, 6.07) is 1.99. The van der Waals surface area contributed by atoms with Crippen molar-refractivity contribution >= 4 is 17.0 Å². The Morgan fingerprint density at radius 2 is 2.08 bits per heavy atom. The molecule has 3 heterocycles. The van der Waals surface area contributed by atoms with Crippen molar-refractivity contribution < 1.29 is 14.1 Å². The van der Waals surface area contributed by atoms with Crippen LogP contribution in [0, 0.1) is 0 Å². The third-order valence-electron chi connectivity index (χ3n) is 5.31. The zero-order valence-electron chi connectivity index (χ0n) is 15.0. The molecule has 2 aliphatic rings. The SMILES string of the molecule is CCCc1noc2nc(C3CC3)cc(C(=O)N3CCC(OC)CC3)c12. The number of aryl methyl sites for hydroxylation is 1. The maximum Gasteiger partial charge on any atom is 0.259 e. The van der Waals surface area contributed by atoms with E-state index in [-0.39, 0.29) is 12.0 Å². The van der Waals surface area contributed by atoms with E-state index in [0.29, 0.717) is 17.2 Å². The highest BCUT2D eigenvalue weighted by Gasteiger charge is 2.31. The fraction of sp³-hybridized carbons (Fsp3) is 0.632. The topological polar surface area (TPSA) is 68.5 Å². The number of fused-ring (bicyclic) bond motifs is 1. The van der Waals surface area contributed by atoms with E-state index < -0.39 is 0 Å². The molecule has 25 heavy (non-hydrogen) atoms. The minimum atomic E-state index is 0.0735. The maximum atomic E-state index is 13.2. The number of carbonyl (C=O) groups is 1. The first kappa shape index (κ1) is 16.5. The first-order valence-electron chi connectivity index (χ1n) is 9.32. The van der Waals surface area contributed by atoms with Crippen molar-refractivity contribution in [2.45, 2.75) is 57.5 Å². The van der Waals surface area contributed by atoms with Gasteiger partial charge in [0, 0.05) is 31.8 Å². The van der Waals surface area contributed by atoms with E-state index in [2.05, 4.69) is 17.1 Å². The van der Waals surface area contributed by atoms with Gasteiger partial charge in [0.25, 0.3) is 11.6 Å². The predicted octanol–water partition coefficient (Wildman–Crippen LogP) is 3.30. The molecule has 0 spiro atoms. The molecule has 0 unspecified atom stereocenters. The van der Waals surface area contributed by atoms with E-state index >= 15 is 0 Å². The summed E-state index contributed by atoms with van der Waals surface area (Å²) in [5, 5.41) is 5.00. The molecule has 0 radical (unpaired) electrons. The van der Waals surface area contributed by atoms with E-state index in [1.807, 2.05) is 11.0 Å². The number of likely N-dealkylation sites (tertiary alicyclic amines) is 1. The van der Waals surface area contributed by atoms with Gasteiger partial charge in [-0.25, -0.2) is 4.98 Å². The molecule has 1 aliphatic heterocycles. The standard InChI is InChI=1S/C19H25N3O3/c1-3-4-15-17-14(19(23)22-9-7-13(24-2)8-10-22)11-16(12-5-6-12)20-18(17)25-21-15/h11-13H,3-10H2,1-2H3. The van der Waals surface area contributed by atoms with Gasteiger partial charge in [0.15, 0.2) is 0 Å². The van der Waals surface area contributed by atoms with E-state index in [0.717, 1.165) is 68.4 Å². The highest BCUT2D eigenvalue weighted by molar-refractivity contribution is 6.06. The van der Waals surface area contributed by atoms with Crippen LogP contribution in [-0.4, -0.2) is 47.3 Å². The van der Waals surface area contributed by atoms with Crippen LogP contribution < -0.4 is 0 Å². The second-order valence-electron chi connectivity index (χ2n) is 7.16. The van der Waals surface area contributed by atoms with Crippen molar-refractivity contribution in [1.82, 2.24) is 15.0 Å². The molecule has 4 rings (SSSR count). The van der Waals surface area contributed by atoms with Crippen molar-refractivity contribution in [3.63, 3.8) is 0 Å². The Balaban J connectivity index is 1.71. The number of hydrogen-bond donors (Lipinski definition) is 0. The normalized spacial score (nSPS) is 18.9. The fourth-order valence-corrected chi connectivity index (χ4v) is 3.66. The number of methoxy groups -OCH3 is 1. The number of rotatable bonds is 5. The molecule has 2 fully saturated rings. The summed E-state index contributed by atoms with van der Waals surface area (Å²) in [4.78, 5) is 19.8. The van der Waals surface area contributed by atoms with Gasteiger partial charge in [0.05, 0.1) is 22.7 Å². The Morgan fingerprint density at radius 3 is 2.72 bits per heavy atom. The van der Waals surface area contributed by atoms with E-state index in [9.17, 15) is 4.79 Å². The fourth-order valence-electron chi connectivity index (χ4n) is 3.66. The summed E-state index contributed by atoms with van der Waals surface area (Å²) in [6.07, 6.45) is 6.06. The lowest BCUT2D eigenvalue weighted by atomic mass is 10.0. The number of carbonyl (C=O) groups excluding carboxylic acids is 1. The van der Waals surface area contributed by atoms with Crippen LogP contribution in [0.25, 0.3) is 11.1 Å². The molecule has 0 aromatic carbocycles. The summed E-state index contributed by atoms with van der Waals surface area (Å²) >= 11 is 0. The average Bonchev–Trinajstić information content (AvgIpc) is 3.43. The lowest BCUT2D eigenvalue weighted by Crippen LogP contribution is -2.40. The summed E-state index contributed by atoms with van der Waals surface area (Å²) in [6.45, 7) is 3.56. The third-order valence-corrected chi connectivity index (χ3v) is 5.31. The number of hydrogen-bond acceptors (Lipinski definition) is 5. The van der Waals surface area contributed by atoms with E-state index in [1.165, 1.54) is 0 Å². The predicted molar refractivity (Wildman–Crippen MR) is 93.7 cm³/mol. The van der Waals surface area contributed by atoms with Gasteiger partial charge in [0.1, 0.15) is 0 Å². The Morgan fingerprint density at radius 1 is 1.32 bits per heavy atom. The zero-order chi connectivity index (χ0) is 17.4. The van der Waals surface area contributed by atoms with Crippen LogP contribution in [0.15, 0.2) is 10.6 Å². The monoisotopic (exact) mass is 343 g/mol. The van der Waals surface area contributed by atoms with Crippen LogP contribution in [-0.2, 0) is 11.2 Å². The molecule has 0 bridgehead atoms. The molecule has 6 nitrogen and oxygen atoms in total. The van der Waals surface area contributed by atoms with E-state index in [4.69, 9.17) is 9.26 Å². The van der Waals surface area contributed by atoms with Gasteiger partial charge < -0.3 is 14.2 Å². The van der Waals surface area contributed by atoms with Crippen LogP contribution in [0.2, 0.25) is 0 Å². The van der Waals surface area contributed by atoms with Gasteiger partial charge in [-0.3, -0.25) is 4.79 Å². The molecule has 1 aliphatic carbocycles. The number of pyridine rings is 1. The number of aromatic nitrogens is 2. The molecule has 134 valence electrons. The summed E-state index contributed by atoms with van der Waals surface area (Å²) in [5.41, 5.74) is 3.06. The van der Waals surface area contributed by atoms with Crippen molar-refractivity contribution in [3.05, 3.63) is 23.0 Å². The number of nitrogens with zero attached hydrogens (tertiary/aromatic N) is 3. The molecule has 6 heteroatoms. The van der Waals surface area contributed by atoms with Crippen molar-refractivity contribution in [3.8, 4) is 0 Å². The third kappa shape index (κ3) is 3.15. The first-order chi connectivity index (χ1) is 12.2. The van der Waals surface area contributed by atoms with Crippen LogP contribution >= 0.6 is 0 Å². The van der Waals surface area contributed by atoms with Gasteiger partial charge in [0.2, 0.25) is 0 Å². The molecular formula is C19H25N3O3. The molecule has 0 atom stereocenters. The van der Waals surface area contributed by atoms with Crippen LogP contribution in [0.5, 0.6) is 0 Å². The number of piperidine rings is 1. The van der Waals surface area contributed by atoms with E-state index in [1.54, 1.807) is 7.11 Å². The van der Waals surface area contributed by atoms with Crippen LogP contribution in [0.3, 0.4) is 0 Å². The smallest absolute Gasteiger partial charge is 0.259 e. The zero-order valence-corrected chi connectivity index (χ0v) is 15.0. The van der Waals surface area contributed by atoms with Gasteiger partial charge in [-0.2, -0.15) is 0 Å². The Labute approximate surface area is 147 Å². The molecular weight excluding hydrogens is 318 g/mol. The minimum absolute atomic E-state index is 0.0735. The van der Waals surface area contributed by atoms with Crippen molar-refractivity contribution in [1.29, 1.82) is 0 Å². The van der Waals surface area contributed by atoms with Crippen LogP contribution in [0.4, 0.5) is 0 Å². The summed E-state index contributed by atoms with van der Waals surface area (Å²) in [7, 11) is 1.74. The maximum absolute atomic E-state index is 13.2. The molecule has 0 N–H and O–H groups in total. The number of amides is 1. The molecule has 1 saturated heterocycles. The Hall–Kier alpha value is -1.95. The largest absolute Gasteiger partial charge is 0.381 e. The van der Waals surface area contributed by atoms with Gasteiger partial charge >= 0.3 is 0 Å². The number of ether oxygens (including phenoxy) is 1. The van der Waals surface area contributed by atoms with Gasteiger partial charge in [-0.15, -0.1) is 0 Å². The van der Waals surface area contributed by atoms with Gasteiger partial charge in [-0.1, -0.05) is 18.5 Å².